The Balaban J connectivity index is 1.65. The molecule has 0 fully saturated rings. The molecule has 0 N–H and O–H groups in total. The summed E-state index contributed by atoms with van der Waals surface area (Å²) < 4.78 is 26.9. The molecule has 0 unspecified atom stereocenters. The highest BCUT2D eigenvalue weighted by Crippen LogP contribution is 2.37. The van der Waals surface area contributed by atoms with Gasteiger partial charge in [-0.1, -0.05) is 62.6 Å². The molecular formula is C34H30BrCl2IN2O6S. The Morgan fingerprint density at radius 2 is 1.89 bits per heavy atom. The number of thiazole rings is 1. The van der Waals surface area contributed by atoms with Crippen molar-refractivity contribution in [2.75, 3.05) is 13.7 Å². The Kier molecular flexibility index (Phi) is 11.4. The van der Waals surface area contributed by atoms with Crippen LogP contribution >= 0.6 is 73.1 Å². The highest BCUT2D eigenvalue weighted by atomic mass is 127. The fourth-order valence-corrected chi connectivity index (χ4v) is 8.14. The molecule has 0 saturated heterocycles. The van der Waals surface area contributed by atoms with Gasteiger partial charge in [0.1, 0.15) is 12.4 Å². The van der Waals surface area contributed by atoms with Crippen molar-refractivity contribution < 1.29 is 23.7 Å². The monoisotopic (exact) mass is 870 g/mol. The van der Waals surface area contributed by atoms with Crippen molar-refractivity contribution in [1.29, 1.82) is 0 Å². The number of hydrogen-bond donors (Lipinski definition) is 0. The van der Waals surface area contributed by atoms with Crippen molar-refractivity contribution in [3.05, 3.63) is 114 Å². The molecule has 1 aliphatic heterocycles. The van der Waals surface area contributed by atoms with E-state index in [2.05, 4.69) is 38.5 Å². The van der Waals surface area contributed by atoms with Crippen LogP contribution in [0.25, 0.3) is 6.08 Å². The lowest BCUT2D eigenvalue weighted by Gasteiger charge is -2.25. The Morgan fingerprint density at radius 3 is 2.57 bits per heavy atom. The van der Waals surface area contributed by atoms with Crippen molar-refractivity contribution in [1.82, 2.24) is 4.57 Å². The van der Waals surface area contributed by atoms with Crippen molar-refractivity contribution >= 4 is 85.1 Å². The predicted molar refractivity (Wildman–Crippen MR) is 197 cm³/mol. The van der Waals surface area contributed by atoms with Crippen LogP contribution in [-0.4, -0.2) is 30.4 Å². The van der Waals surface area contributed by atoms with E-state index in [4.69, 9.17) is 47.1 Å². The van der Waals surface area contributed by atoms with E-state index in [9.17, 15) is 9.59 Å². The van der Waals surface area contributed by atoms with Gasteiger partial charge < -0.3 is 18.9 Å². The van der Waals surface area contributed by atoms with Gasteiger partial charge in [-0.2, -0.15) is 0 Å². The zero-order valence-electron chi connectivity index (χ0n) is 26.0. The summed E-state index contributed by atoms with van der Waals surface area (Å²) in [6.45, 7) is 7.73. The van der Waals surface area contributed by atoms with Crippen LogP contribution < -0.4 is 29.1 Å². The van der Waals surface area contributed by atoms with Gasteiger partial charge in [0.15, 0.2) is 16.3 Å². The van der Waals surface area contributed by atoms with E-state index in [1.54, 1.807) is 51.3 Å². The maximum Gasteiger partial charge on any atom is 0.338 e. The number of carbonyl (C=O) groups excluding carboxylic acids is 1. The van der Waals surface area contributed by atoms with Gasteiger partial charge in [0.25, 0.3) is 5.56 Å². The average molecular weight is 872 g/mol. The fraction of sp³-hybridized carbons (Fsp3) is 0.265. The molecule has 3 aromatic carbocycles. The van der Waals surface area contributed by atoms with Crippen molar-refractivity contribution in [2.24, 2.45) is 4.99 Å². The summed E-state index contributed by atoms with van der Waals surface area (Å²) >= 11 is 19.3. The first-order valence-corrected chi connectivity index (χ1v) is 18.0. The molecule has 1 aliphatic rings. The first-order chi connectivity index (χ1) is 22.4. The number of fused-ring (bicyclic) bond motifs is 1. The third kappa shape index (κ3) is 7.75. The number of allylic oxidation sites excluding steroid dienone is 1. The first kappa shape index (κ1) is 35.5. The zero-order chi connectivity index (χ0) is 34.0. The first-order valence-electron chi connectivity index (χ1n) is 14.5. The Morgan fingerprint density at radius 1 is 1.13 bits per heavy atom. The van der Waals surface area contributed by atoms with E-state index in [1.165, 1.54) is 15.9 Å². The molecule has 0 spiro atoms. The van der Waals surface area contributed by atoms with Crippen LogP contribution in [0.2, 0.25) is 10.0 Å². The lowest BCUT2D eigenvalue weighted by Crippen LogP contribution is -2.40. The van der Waals surface area contributed by atoms with Crippen LogP contribution in [0.15, 0.2) is 74.1 Å². The Hall–Kier alpha value is -2.84. The molecule has 5 rings (SSSR count). The fourth-order valence-electron chi connectivity index (χ4n) is 5.08. The summed E-state index contributed by atoms with van der Waals surface area (Å²) in [6.07, 6.45) is 1.70. The lowest BCUT2D eigenvalue weighted by atomic mass is 9.95. The maximum atomic E-state index is 14.3. The van der Waals surface area contributed by atoms with E-state index in [0.29, 0.717) is 53.5 Å². The molecule has 4 aromatic rings. The Bertz CT molecular complexity index is 2080. The van der Waals surface area contributed by atoms with Crippen LogP contribution in [-0.2, 0) is 16.1 Å². The van der Waals surface area contributed by atoms with Crippen molar-refractivity contribution in [3.8, 4) is 17.2 Å². The van der Waals surface area contributed by atoms with Gasteiger partial charge in [0.2, 0.25) is 0 Å². The minimum absolute atomic E-state index is 0.0800. The van der Waals surface area contributed by atoms with Gasteiger partial charge in [-0.05, 0) is 104 Å². The molecule has 0 aliphatic carbocycles. The summed E-state index contributed by atoms with van der Waals surface area (Å²) in [5.74, 6) is 1.07. The topological polar surface area (TPSA) is 88.4 Å². The van der Waals surface area contributed by atoms with E-state index < -0.39 is 12.0 Å². The molecule has 0 amide bonds. The highest BCUT2D eigenvalue weighted by molar-refractivity contribution is 14.1. The highest BCUT2D eigenvalue weighted by Gasteiger charge is 2.34. The molecule has 246 valence electrons. The summed E-state index contributed by atoms with van der Waals surface area (Å²) in [7, 11) is 1.55. The number of hydrogen-bond acceptors (Lipinski definition) is 8. The summed E-state index contributed by atoms with van der Waals surface area (Å²) in [6, 6.07) is 13.7. The van der Waals surface area contributed by atoms with Gasteiger partial charge in [-0.3, -0.25) is 9.36 Å². The van der Waals surface area contributed by atoms with Gasteiger partial charge in [-0.15, -0.1) is 0 Å². The summed E-state index contributed by atoms with van der Waals surface area (Å²) in [4.78, 5) is 32.8. The van der Waals surface area contributed by atoms with Crippen LogP contribution in [0.3, 0.4) is 0 Å². The quantitative estimate of drug-likeness (QED) is 0.119. The number of nitrogens with zero attached hydrogens (tertiary/aromatic N) is 2. The minimum atomic E-state index is -0.817. The van der Waals surface area contributed by atoms with E-state index in [1.807, 2.05) is 38.1 Å². The van der Waals surface area contributed by atoms with Crippen molar-refractivity contribution in [3.63, 3.8) is 0 Å². The maximum absolute atomic E-state index is 14.3. The van der Waals surface area contributed by atoms with Gasteiger partial charge in [0, 0.05) is 10.0 Å². The number of carbonyl (C=O) groups is 1. The number of ether oxygens (including phenoxy) is 4. The molecular weight excluding hydrogens is 842 g/mol. The molecule has 0 radical (unpaired) electrons. The van der Waals surface area contributed by atoms with Gasteiger partial charge in [0.05, 0.1) is 55.3 Å². The smallest absolute Gasteiger partial charge is 0.338 e. The van der Waals surface area contributed by atoms with E-state index >= 15 is 0 Å². The lowest BCUT2D eigenvalue weighted by molar-refractivity contribution is -0.139. The van der Waals surface area contributed by atoms with Gasteiger partial charge >= 0.3 is 5.97 Å². The standard InChI is InChI=1S/C34H30BrCl2IN2O6S/c1-6-44-33(42)29-18(4)39-34-40(30(29)20-8-10-26(46-17(2)3)27(13-20)43-5)32(41)28(47-34)14-21-12-22(35)15-25(38)31(21)45-16-19-7-9-23(36)24(37)11-19/h7-15,17,30H,6,16H2,1-5H3/b28-14+/t30-/m0/s1. The SMILES string of the molecule is CCOC(=O)C1=C(C)N=c2s/c(=C/c3cc(Br)cc(I)c3OCc3ccc(Cl)c(Cl)c3)c(=O)n2[C@H]1c1ccc(OC(C)C)c(OC)c1. The number of rotatable bonds is 10. The third-order valence-electron chi connectivity index (χ3n) is 7.07. The second kappa shape index (κ2) is 15.1. The van der Waals surface area contributed by atoms with Crippen LogP contribution in [0, 0.1) is 3.57 Å². The number of methoxy groups -OCH3 is 1. The van der Waals surface area contributed by atoms with Crippen LogP contribution in [0.5, 0.6) is 17.2 Å². The third-order valence-corrected chi connectivity index (χ3v) is 10.1. The van der Waals surface area contributed by atoms with Gasteiger partial charge in [-0.25, -0.2) is 9.79 Å². The van der Waals surface area contributed by atoms with Crippen LogP contribution in [0.1, 0.15) is 50.4 Å². The largest absolute Gasteiger partial charge is 0.493 e. The van der Waals surface area contributed by atoms with Crippen LogP contribution in [0.4, 0.5) is 0 Å². The van der Waals surface area contributed by atoms with E-state index in [-0.39, 0.29) is 30.5 Å². The molecule has 2 heterocycles. The second-order valence-corrected chi connectivity index (χ2v) is 14.6. The zero-order valence-corrected chi connectivity index (χ0v) is 32.1. The average Bonchev–Trinajstić information content (AvgIpc) is 3.31. The molecule has 1 aromatic heterocycles. The van der Waals surface area contributed by atoms with Crippen molar-refractivity contribution in [2.45, 2.75) is 46.4 Å². The minimum Gasteiger partial charge on any atom is -0.493 e. The number of benzene rings is 3. The number of halogens is 4. The summed E-state index contributed by atoms with van der Waals surface area (Å²) in [5.41, 5.74) is 2.58. The molecule has 1 atom stereocenters. The number of esters is 1. The Labute approximate surface area is 307 Å². The molecule has 13 heteroatoms. The molecule has 8 nitrogen and oxygen atoms in total. The predicted octanol–water partition coefficient (Wildman–Crippen LogP) is 7.85. The second-order valence-electron chi connectivity index (χ2n) is 10.7. The normalized spacial score (nSPS) is 14.6. The molecule has 0 saturated carbocycles. The molecule has 47 heavy (non-hydrogen) atoms. The number of aromatic nitrogens is 1. The summed E-state index contributed by atoms with van der Waals surface area (Å²) in [5, 5.41) is 0.897. The molecule has 0 bridgehead atoms. The van der Waals surface area contributed by atoms with E-state index in [0.717, 1.165) is 13.6 Å².